The van der Waals surface area contributed by atoms with Crippen LogP contribution in [0, 0.1) is 0 Å². The summed E-state index contributed by atoms with van der Waals surface area (Å²) in [6.07, 6.45) is -1.77. The minimum Gasteiger partial charge on any atom is -0.481 e. The summed E-state index contributed by atoms with van der Waals surface area (Å²) < 4.78 is 0. The van der Waals surface area contributed by atoms with Crippen LogP contribution in [0.2, 0.25) is 5.02 Å². The summed E-state index contributed by atoms with van der Waals surface area (Å²) in [6.45, 7) is -0.572. The number of nitrogens with one attached hydrogen (secondary N) is 2. The SMILES string of the molecule is Nc1ccc(C(=O)NC2N=C(c3ccccc3)c3ccccc3N(CC(=O)NC(C=O)CC(=O)O)C2=O)cc1Cl. The van der Waals surface area contributed by atoms with E-state index in [2.05, 4.69) is 15.6 Å². The van der Waals surface area contributed by atoms with Gasteiger partial charge < -0.3 is 26.3 Å². The molecule has 204 valence electrons. The van der Waals surface area contributed by atoms with Gasteiger partial charge in [0.15, 0.2) is 0 Å². The maximum absolute atomic E-state index is 13.9. The van der Waals surface area contributed by atoms with Crippen molar-refractivity contribution in [3.05, 3.63) is 94.5 Å². The number of rotatable bonds is 9. The van der Waals surface area contributed by atoms with Crippen molar-refractivity contribution in [1.29, 1.82) is 0 Å². The second-order valence-corrected chi connectivity index (χ2v) is 9.21. The third kappa shape index (κ3) is 6.33. The molecule has 2 atom stereocenters. The van der Waals surface area contributed by atoms with Gasteiger partial charge in [-0.1, -0.05) is 60.1 Å². The van der Waals surface area contributed by atoms with E-state index < -0.39 is 48.9 Å². The molecular weight excluding hydrogens is 538 g/mol. The molecule has 0 aromatic heterocycles. The number of nitrogens with zero attached hydrogens (tertiary/aromatic N) is 2. The molecule has 4 rings (SSSR count). The van der Waals surface area contributed by atoms with Gasteiger partial charge in [0, 0.05) is 16.7 Å². The van der Waals surface area contributed by atoms with Crippen LogP contribution in [-0.2, 0) is 19.2 Å². The van der Waals surface area contributed by atoms with Crippen LogP contribution in [0.15, 0.2) is 77.8 Å². The first-order valence-electron chi connectivity index (χ1n) is 12.0. The summed E-state index contributed by atoms with van der Waals surface area (Å²) in [6, 6.07) is 18.7. The number of aldehydes is 1. The molecule has 3 amide bonds. The van der Waals surface area contributed by atoms with Crippen molar-refractivity contribution in [1.82, 2.24) is 10.6 Å². The van der Waals surface area contributed by atoms with Crippen molar-refractivity contribution in [3.8, 4) is 0 Å². The van der Waals surface area contributed by atoms with Crippen LogP contribution in [0.4, 0.5) is 11.4 Å². The Balaban J connectivity index is 1.74. The Hall–Kier alpha value is -5.03. The minimum absolute atomic E-state index is 0.136. The topological polar surface area (TPSA) is 171 Å². The largest absolute Gasteiger partial charge is 0.481 e. The Morgan fingerprint density at radius 3 is 2.45 bits per heavy atom. The fourth-order valence-corrected chi connectivity index (χ4v) is 4.29. The Morgan fingerprint density at radius 2 is 1.77 bits per heavy atom. The number of aliphatic carboxylic acids is 1. The maximum atomic E-state index is 13.9. The number of aliphatic imine (C=N–C) groups is 1. The van der Waals surface area contributed by atoms with E-state index in [1.165, 1.54) is 18.2 Å². The van der Waals surface area contributed by atoms with Crippen LogP contribution in [0.1, 0.15) is 27.9 Å². The lowest BCUT2D eigenvalue weighted by Gasteiger charge is -2.25. The molecule has 0 fully saturated rings. The summed E-state index contributed by atoms with van der Waals surface area (Å²) in [5.74, 6) is -3.45. The van der Waals surface area contributed by atoms with Gasteiger partial charge in [-0.15, -0.1) is 0 Å². The number of benzene rings is 3. The molecule has 11 nitrogen and oxygen atoms in total. The van der Waals surface area contributed by atoms with E-state index in [0.29, 0.717) is 28.8 Å². The van der Waals surface area contributed by atoms with Gasteiger partial charge in [0.2, 0.25) is 12.1 Å². The predicted octanol–water partition coefficient (Wildman–Crippen LogP) is 2.02. The Kier molecular flexibility index (Phi) is 8.55. The molecule has 40 heavy (non-hydrogen) atoms. The Morgan fingerprint density at radius 1 is 1.07 bits per heavy atom. The molecule has 3 aromatic carbocycles. The van der Waals surface area contributed by atoms with Crippen LogP contribution in [0.3, 0.4) is 0 Å². The van der Waals surface area contributed by atoms with Gasteiger partial charge in [-0.25, -0.2) is 4.99 Å². The number of carboxylic acid groups (broad SMARTS) is 1. The zero-order valence-electron chi connectivity index (χ0n) is 20.9. The summed E-state index contributed by atoms with van der Waals surface area (Å²) in [5.41, 5.74) is 8.05. The first kappa shape index (κ1) is 28.0. The van der Waals surface area contributed by atoms with E-state index in [9.17, 15) is 24.0 Å². The third-order valence-corrected chi connectivity index (χ3v) is 6.32. The number of hydrogen-bond acceptors (Lipinski definition) is 7. The smallest absolute Gasteiger partial charge is 0.305 e. The molecule has 0 aliphatic carbocycles. The van der Waals surface area contributed by atoms with Gasteiger partial charge in [-0.3, -0.25) is 24.1 Å². The number of anilines is 2. The van der Waals surface area contributed by atoms with Crippen LogP contribution in [0.5, 0.6) is 0 Å². The molecule has 1 heterocycles. The zero-order chi connectivity index (χ0) is 28.8. The highest BCUT2D eigenvalue weighted by Crippen LogP contribution is 2.28. The van der Waals surface area contributed by atoms with E-state index in [-0.39, 0.29) is 16.3 Å². The van der Waals surface area contributed by atoms with E-state index in [0.717, 1.165) is 4.90 Å². The molecule has 0 spiro atoms. The highest BCUT2D eigenvalue weighted by atomic mass is 35.5. The number of carbonyl (C=O) groups is 5. The van der Waals surface area contributed by atoms with E-state index in [1.807, 2.05) is 6.07 Å². The molecule has 12 heteroatoms. The molecule has 0 saturated carbocycles. The number of para-hydroxylation sites is 1. The molecule has 0 radical (unpaired) electrons. The summed E-state index contributed by atoms with van der Waals surface area (Å²) in [4.78, 5) is 68.0. The predicted molar refractivity (Wildman–Crippen MR) is 148 cm³/mol. The van der Waals surface area contributed by atoms with Crippen molar-refractivity contribution in [2.24, 2.45) is 4.99 Å². The van der Waals surface area contributed by atoms with Crippen LogP contribution >= 0.6 is 11.6 Å². The number of fused-ring (bicyclic) bond motifs is 1. The number of hydrogen-bond donors (Lipinski definition) is 4. The van der Waals surface area contributed by atoms with Gasteiger partial charge in [0.05, 0.1) is 34.6 Å². The maximum Gasteiger partial charge on any atom is 0.305 e. The monoisotopic (exact) mass is 561 g/mol. The van der Waals surface area contributed by atoms with E-state index in [4.69, 9.17) is 22.4 Å². The fraction of sp³-hybridized carbons (Fsp3) is 0.143. The molecular formula is C28H24ClN5O6. The second-order valence-electron chi connectivity index (χ2n) is 8.81. The molecule has 0 saturated heterocycles. The lowest BCUT2D eigenvalue weighted by Crippen LogP contribution is -2.51. The molecule has 1 aliphatic heterocycles. The molecule has 3 aromatic rings. The lowest BCUT2D eigenvalue weighted by atomic mass is 10.0. The normalized spacial score (nSPS) is 15.2. The van der Waals surface area contributed by atoms with Crippen molar-refractivity contribution < 1.29 is 29.1 Å². The average molecular weight is 562 g/mol. The molecule has 1 aliphatic rings. The summed E-state index contributed by atoms with van der Waals surface area (Å²) >= 11 is 6.07. The summed E-state index contributed by atoms with van der Waals surface area (Å²) in [7, 11) is 0. The van der Waals surface area contributed by atoms with Gasteiger partial charge in [0.25, 0.3) is 11.8 Å². The van der Waals surface area contributed by atoms with Crippen molar-refractivity contribution in [2.75, 3.05) is 17.2 Å². The van der Waals surface area contributed by atoms with E-state index in [1.54, 1.807) is 48.5 Å². The number of amides is 3. The first-order chi connectivity index (χ1) is 19.2. The Bertz CT molecular complexity index is 1510. The summed E-state index contributed by atoms with van der Waals surface area (Å²) in [5, 5.41) is 14.1. The minimum atomic E-state index is -1.46. The molecule has 2 unspecified atom stereocenters. The second kappa shape index (κ2) is 12.2. The molecule has 5 N–H and O–H groups in total. The van der Waals surface area contributed by atoms with Crippen LogP contribution in [-0.4, -0.2) is 59.5 Å². The lowest BCUT2D eigenvalue weighted by molar-refractivity contribution is -0.138. The van der Waals surface area contributed by atoms with E-state index >= 15 is 0 Å². The third-order valence-electron chi connectivity index (χ3n) is 5.99. The van der Waals surface area contributed by atoms with Crippen LogP contribution in [0.25, 0.3) is 0 Å². The van der Waals surface area contributed by atoms with Gasteiger partial charge >= 0.3 is 5.97 Å². The average Bonchev–Trinajstić information content (AvgIpc) is 3.05. The number of benzodiazepines with no additional fused rings is 1. The number of halogens is 1. The van der Waals surface area contributed by atoms with Crippen molar-refractivity contribution >= 4 is 58.7 Å². The molecule has 0 bridgehead atoms. The van der Waals surface area contributed by atoms with Crippen molar-refractivity contribution in [3.63, 3.8) is 0 Å². The number of carbonyl (C=O) groups excluding carboxylic acids is 4. The first-order valence-corrected chi connectivity index (χ1v) is 12.4. The number of carboxylic acids is 1. The highest BCUT2D eigenvalue weighted by Gasteiger charge is 2.34. The van der Waals surface area contributed by atoms with Gasteiger partial charge in [-0.05, 0) is 24.3 Å². The number of nitrogens with two attached hydrogens (primary N) is 1. The zero-order valence-corrected chi connectivity index (χ0v) is 21.7. The quantitative estimate of drug-likeness (QED) is 0.228. The Labute approximate surface area is 233 Å². The van der Waals surface area contributed by atoms with Crippen molar-refractivity contribution in [2.45, 2.75) is 18.6 Å². The van der Waals surface area contributed by atoms with Crippen LogP contribution < -0.4 is 21.3 Å². The van der Waals surface area contributed by atoms with Gasteiger partial charge in [0.1, 0.15) is 12.8 Å². The number of nitrogen functional groups attached to an aromatic ring is 1. The van der Waals surface area contributed by atoms with Gasteiger partial charge in [-0.2, -0.15) is 0 Å². The highest BCUT2D eigenvalue weighted by molar-refractivity contribution is 6.33. The fourth-order valence-electron chi connectivity index (χ4n) is 4.11. The standard InChI is InChI=1S/C28H24ClN5O6/c29-20-12-17(10-11-21(20)30)27(39)33-26-28(40)34(14-23(36)31-18(15-35)13-24(37)38)22-9-5-4-8-19(22)25(32-26)16-6-2-1-3-7-16/h1-12,15,18,26H,13-14,30H2,(H,31,36)(H,33,39)(H,37,38).